The molecule has 0 aromatic heterocycles. The van der Waals surface area contributed by atoms with Gasteiger partial charge in [-0.25, -0.2) is 8.42 Å². The van der Waals surface area contributed by atoms with Crippen LogP contribution in [0.5, 0.6) is 0 Å². The van der Waals surface area contributed by atoms with E-state index in [1.54, 1.807) is 18.2 Å². The van der Waals surface area contributed by atoms with E-state index in [4.69, 9.17) is 11.6 Å². The standard InChI is InChI=1S/C13H8Br3ClO3S2/c14-13(15,16)21(18)12-7-6-10(8-11(12)17)22(19,20)9-4-2-1-3-5-9/h1-8H. The van der Waals surface area contributed by atoms with Gasteiger partial charge in [0.25, 0.3) is 1.47 Å². The highest BCUT2D eigenvalue weighted by molar-refractivity contribution is 9.42. The van der Waals surface area contributed by atoms with Crippen molar-refractivity contribution >= 4 is 80.4 Å². The summed E-state index contributed by atoms with van der Waals surface area (Å²) in [4.78, 5) is 0.531. The summed E-state index contributed by atoms with van der Waals surface area (Å²) in [5.74, 6) is 0. The lowest BCUT2D eigenvalue weighted by Gasteiger charge is -2.19. The van der Waals surface area contributed by atoms with Gasteiger partial charge in [-0.3, -0.25) is 0 Å². The highest BCUT2D eigenvalue weighted by Gasteiger charge is 2.37. The molecule has 0 bridgehead atoms. The highest BCUT2D eigenvalue weighted by Crippen LogP contribution is 2.45. The van der Waals surface area contributed by atoms with Gasteiger partial charge in [-0.1, -0.05) is 29.8 Å². The summed E-state index contributed by atoms with van der Waals surface area (Å²) in [5.41, 5.74) is 0. The second-order valence-electron chi connectivity index (χ2n) is 4.12. The minimum atomic E-state index is -3.66. The molecule has 1 atom stereocenters. The molecule has 0 spiro atoms. The number of halogens is 4. The molecule has 2 aromatic carbocycles. The van der Waals surface area contributed by atoms with Gasteiger partial charge in [0.2, 0.25) is 9.84 Å². The third-order valence-corrected chi connectivity index (χ3v) is 8.69. The Hall–Kier alpha value is 0.430. The van der Waals surface area contributed by atoms with Gasteiger partial charge in [0.1, 0.15) is 0 Å². The van der Waals surface area contributed by atoms with Gasteiger partial charge in [0.15, 0.2) is 4.90 Å². The Balaban J connectivity index is 2.47. The van der Waals surface area contributed by atoms with Crippen molar-refractivity contribution in [3.05, 3.63) is 53.6 Å². The van der Waals surface area contributed by atoms with Crippen molar-refractivity contribution in [1.29, 1.82) is 0 Å². The second-order valence-corrected chi connectivity index (χ2v) is 16.4. The molecular formula is C13H8Br3ClO3S2. The molecule has 0 saturated carbocycles. The van der Waals surface area contributed by atoms with Gasteiger partial charge in [0, 0.05) is 59.0 Å². The van der Waals surface area contributed by atoms with Gasteiger partial charge >= 0.3 is 0 Å². The predicted molar refractivity (Wildman–Crippen MR) is 99.3 cm³/mol. The summed E-state index contributed by atoms with van der Waals surface area (Å²) in [7, 11) is -3.66. The number of alkyl halides is 3. The van der Waals surface area contributed by atoms with E-state index in [-0.39, 0.29) is 14.8 Å². The van der Waals surface area contributed by atoms with Crippen LogP contribution in [0.25, 0.3) is 0 Å². The highest BCUT2D eigenvalue weighted by atomic mass is 80.0. The lowest BCUT2D eigenvalue weighted by atomic mass is 10.4. The van der Waals surface area contributed by atoms with Gasteiger partial charge in [-0.05, 0) is 30.3 Å². The average molecular weight is 552 g/mol. The molecule has 0 N–H and O–H groups in total. The minimum Gasteiger partial charge on any atom is -0.609 e. The Morgan fingerprint density at radius 1 is 1.00 bits per heavy atom. The summed E-state index contributed by atoms with van der Waals surface area (Å²) in [6.07, 6.45) is 0. The number of rotatable bonds is 3. The summed E-state index contributed by atoms with van der Waals surface area (Å²) in [6, 6.07) is 12.2. The van der Waals surface area contributed by atoms with Crippen LogP contribution < -0.4 is 0 Å². The summed E-state index contributed by atoms with van der Waals surface area (Å²) < 4.78 is 36.2. The zero-order valence-electron chi connectivity index (χ0n) is 10.7. The molecule has 118 valence electrons. The average Bonchev–Trinajstić information content (AvgIpc) is 2.46. The Kier molecular flexibility index (Phi) is 6.08. The Labute approximate surface area is 161 Å². The Morgan fingerprint density at radius 2 is 1.59 bits per heavy atom. The Bertz CT molecular complexity index is 777. The van der Waals surface area contributed by atoms with E-state index in [0.717, 1.165) is 0 Å². The Morgan fingerprint density at radius 3 is 2.09 bits per heavy atom. The van der Waals surface area contributed by atoms with Crippen LogP contribution in [0.15, 0.2) is 63.2 Å². The number of sulfone groups is 1. The lowest BCUT2D eigenvalue weighted by Crippen LogP contribution is -2.18. The smallest absolute Gasteiger partial charge is 0.290 e. The predicted octanol–water partition coefficient (Wildman–Crippen LogP) is 5.08. The monoisotopic (exact) mass is 548 g/mol. The fraction of sp³-hybridized carbons (Fsp3) is 0.0769. The quantitative estimate of drug-likeness (QED) is 0.395. The molecule has 2 aromatic rings. The molecule has 22 heavy (non-hydrogen) atoms. The molecule has 0 aliphatic carbocycles. The van der Waals surface area contributed by atoms with Crippen LogP contribution in [0.4, 0.5) is 0 Å². The maximum atomic E-state index is 12.5. The van der Waals surface area contributed by atoms with Gasteiger partial charge < -0.3 is 4.55 Å². The maximum absolute atomic E-state index is 12.5. The van der Waals surface area contributed by atoms with Gasteiger partial charge in [-0.15, -0.1) is 0 Å². The van der Waals surface area contributed by atoms with E-state index in [1.807, 2.05) is 0 Å². The first-order valence-electron chi connectivity index (χ1n) is 5.72. The maximum Gasteiger partial charge on any atom is 0.290 e. The van der Waals surface area contributed by atoms with Gasteiger partial charge in [-0.2, -0.15) is 0 Å². The molecule has 0 amide bonds. The number of hydrogen-bond donors (Lipinski definition) is 0. The third kappa shape index (κ3) is 4.09. The largest absolute Gasteiger partial charge is 0.609 e. The van der Waals surface area contributed by atoms with E-state index in [0.29, 0.717) is 4.90 Å². The van der Waals surface area contributed by atoms with Crippen LogP contribution in [-0.2, 0) is 21.0 Å². The van der Waals surface area contributed by atoms with E-state index in [9.17, 15) is 13.0 Å². The third-order valence-electron chi connectivity index (χ3n) is 2.68. The topological polar surface area (TPSA) is 57.2 Å². The number of benzene rings is 2. The fourth-order valence-corrected chi connectivity index (χ4v) is 5.67. The van der Waals surface area contributed by atoms with Crippen LogP contribution in [-0.4, -0.2) is 14.4 Å². The fourth-order valence-electron chi connectivity index (χ4n) is 1.66. The molecule has 0 saturated heterocycles. The second kappa shape index (κ2) is 7.13. The van der Waals surface area contributed by atoms with E-state index >= 15 is 0 Å². The molecule has 0 aliphatic rings. The first-order valence-corrected chi connectivity index (χ1v) is 11.1. The van der Waals surface area contributed by atoms with E-state index < -0.39 is 22.5 Å². The summed E-state index contributed by atoms with van der Waals surface area (Å²) in [5, 5.41) is 0.109. The van der Waals surface area contributed by atoms with Crippen LogP contribution in [0, 0.1) is 0 Å². The summed E-state index contributed by atoms with van der Waals surface area (Å²) in [6.45, 7) is 0. The molecule has 2 rings (SSSR count). The van der Waals surface area contributed by atoms with Crippen molar-refractivity contribution in [3.8, 4) is 0 Å². The SMILES string of the molecule is O=S(=O)(c1ccccc1)c1ccc([S+]([O-])C(Br)(Br)Br)c(Cl)c1. The zero-order valence-corrected chi connectivity index (χ0v) is 17.8. The van der Waals surface area contributed by atoms with Crippen molar-refractivity contribution in [1.82, 2.24) is 0 Å². The van der Waals surface area contributed by atoms with Gasteiger partial charge in [0.05, 0.1) is 14.8 Å². The first-order chi connectivity index (χ1) is 10.1. The molecule has 0 heterocycles. The van der Waals surface area contributed by atoms with E-state index in [2.05, 4.69) is 47.8 Å². The van der Waals surface area contributed by atoms with Crippen molar-refractivity contribution < 1.29 is 13.0 Å². The zero-order chi connectivity index (χ0) is 16.5. The van der Waals surface area contributed by atoms with Crippen molar-refractivity contribution in [3.63, 3.8) is 0 Å². The lowest BCUT2D eigenvalue weighted by molar-refractivity contribution is 0.593. The van der Waals surface area contributed by atoms with Crippen molar-refractivity contribution in [2.45, 2.75) is 16.2 Å². The molecule has 1 unspecified atom stereocenters. The minimum absolute atomic E-state index is 0.0498. The molecular weight excluding hydrogens is 543 g/mol. The first kappa shape index (κ1) is 18.8. The van der Waals surface area contributed by atoms with Crippen molar-refractivity contribution in [2.75, 3.05) is 0 Å². The molecule has 0 fully saturated rings. The van der Waals surface area contributed by atoms with Crippen LogP contribution in [0.2, 0.25) is 5.02 Å². The summed E-state index contributed by atoms with van der Waals surface area (Å²) >= 11 is 14.0. The van der Waals surface area contributed by atoms with Crippen molar-refractivity contribution in [2.24, 2.45) is 0 Å². The molecule has 0 aliphatic heterocycles. The normalized spacial score (nSPS) is 13.9. The van der Waals surface area contributed by atoms with Crippen LogP contribution >= 0.6 is 59.4 Å². The molecule has 9 heteroatoms. The van der Waals surface area contributed by atoms with E-state index in [1.165, 1.54) is 30.3 Å². The number of hydrogen-bond acceptors (Lipinski definition) is 3. The van der Waals surface area contributed by atoms with Crippen LogP contribution in [0.3, 0.4) is 0 Å². The molecule has 0 radical (unpaired) electrons. The van der Waals surface area contributed by atoms with Crippen LogP contribution in [0.1, 0.15) is 0 Å². The molecule has 3 nitrogen and oxygen atoms in total.